The molecule has 1 aliphatic heterocycles. The summed E-state index contributed by atoms with van der Waals surface area (Å²) < 4.78 is 45.1. The minimum Gasteiger partial charge on any atom is -0.446 e. The van der Waals surface area contributed by atoms with Gasteiger partial charge < -0.3 is 4.74 Å². The van der Waals surface area contributed by atoms with Crippen LogP contribution in [-0.2, 0) is 15.7 Å². The van der Waals surface area contributed by atoms with Crippen molar-refractivity contribution in [1.29, 1.82) is 0 Å². The highest BCUT2D eigenvalue weighted by molar-refractivity contribution is 5.97. The number of hydrogen-bond acceptors (Lipinski definition) is 4. The summed E-state index contributed by atoms with van der Waals surface area (Å²) in [7, 11) is 0. The lowest BCUT2D eigenvalue weighted by Gasteiger charge is -2.19. The molecule has 24 heavy (non-hydrogen) atoms. The first-order valence-corrected chi connectivity index (χ1v) is 6.99. The third-order valence-corrected chi connectivity index (χ3v) is 3.40. The van der Waals surface area contributed by atoms with Crippen molar-refractivity contribution in [1.82, 2.24) is 9.99 Å². The smallest absolute Gasteiger partial charge is 0.417 e. The van der Waals surface area contributed by atoms with Gasteiger partial charge in [-0.3, -0.25) is 9.78 Å². The number of benzene rings is 1. The van der Waals surface area contributed by atoms with Gasteiger partial charge in [-0.1, -0.05) is 18.2 Å². The number of alkyl halides is 3. The van der Waals surface area contributed by atoms with Gasteiger partial charge in [0.15, 0.2) is 0 Å². The molecule has 1 aromatic heterocycles. The zero-order chi connectivity index (χ0) is 17.3. The summed E-state index contributed by atoms with van der Waals surface area (Å²) in [5, 5.41) is 4.94. The predicted molar refractivity (Wildman–Crippen MR) is 78.6 cm³/mol. The van der Waals surface area contributed by atoms with Crippen LogP contribution < -0.4 is 0 Å². The summed E-state index contributed by atoms with van der Waals surface area (Å²) in [5.74, 6) is -0.713. The number of nitrogens with zero attached hydrogens (tertiary/aromatic N) is 3. The summed E-state index contributed by atoms with van der Waals surface area (Å²) in [4.78, 5) is 15.7. The van der Waals surface area contributed by atoms with E-state index < -0.39 is 23.9 Å². The van der Waals surface area contributed by atoms with Crippen LogP contribution in [0.15, 0.2) is 53.9 Å². The summed E-state index contributed by atoms with van der Waals surface area (Å²) in [6, 6.07) is 8.22. The number of carbonyl (C=O) groups excluding carboxylic acids is 1. The van der Waals surface area contributed by atoms with Crippen molar-refractivity contribution in [3.05, 3.63) is 65.5 Å². The zero-order valence-electron chi connectivity index (χ0n) is 12.5. The molecule has 0 bridgehead atoms. The molecule has 0 aliphatic carbocycles. The number of amides is 1. The summed E-state index contributed by atoms with van der Waals surface area (Å²) in [6.45, 7) is 1.26. The molecule has 1 aliphatic rings. The maximum absolute atomic E-state index is 13.2. The maximum Gasteiger partial charge on any atom is 0.417 e. The highest BCUT2D eigenvalue weighted by Gasteiger charge is 2.39. The van der Waals surface area contributed by atoms with Crippen LogP contribution in [0.5, 0.6) is 0 Å². The highest BCUT2D eigenvalue weighted by Crippen LogP contribution is 2.36. The lowest BCUT2D eigenvalue weighted by Crippen LogP contribution is -2.25. The SMILES string of the molecule is CC(=O)N1N=C(c2ccccc2C(F)(F)F)OC1c1cccnc1. The molecule has 1 unspecified atom stereocenters. The molecule has 0 saturated heterocycles. The fourth-order valence-corrected chi connectivity index (χ4v) is 2.33. The van der Waals surface area contributed by atoms with E-state index in [9.17, 15) is 18.0 Å². The van der Waals surface area contributed by atoms with Crippen LogP contribution in [0.3, 0.4) is 0 Å². The maximum atomic E-state index is 13.2. The second-order valence-corrected chi connectivity index (χ2v) is 5.07. The van der Waals surface area contributed by atoms with Gasteiger partial charge in [0.2, 0.25) is 18.0 Å². The van der Waals surface area contributed by atoms with Crippen LogP contribution in [0.1, 0.15) is 29.8 Å². The van der Waals surface area contributed by atoms with Gasteiger partial charge in [0.05, 0.1) is 11.1 Å². The molecule has 0 fully saturated rings. The van der Waals surface area contributed by atoms with Gasteiger partial charge in [0.1, 0.15) is 0 Å². The van der Waals surface area contributed by atoms with Gasteiger partial charge in [-0.25, -0.2) is 0 Å². The molecule has 0 N–H and O–H groups in total. The van der Waals surface area contributed by atoms with Crippen LogP contribution in [0.4, 0.5) is 13.2 Å². The lowest BCUT2D eigenvalue weighted by molar-refractivity contribution is -0.138. The average molecular weight is 335 g/mol. The molecule has 1 atom stereocenters. The standard InChI is InChI=1S/C16H12F3N3O2/c1-10(23)22-15(11-5-4-8-20-9-11)24-14(21-22)12-6-2-3-7-13(12)16(17,18)19/h2-9,15H,1H3. The molecule has 2 aromatic rings. The minimum atomic E-state index is -4.56. The van der Waals surface area contributed by atoms with E-state index in [1.54, 1.807) is 12.1 Å². The number of halogens is 3. The van der Waals surface area contributed by atoms with Gasteiger partial charge in [0, 0.05) is 24.9 Å². The van der Waals surface area contributed by atoms with Crippen LogP contribution >= 0.6 is 0 Å². The van der Waals surface area contributed by atoms with Crippen molar-refractivity contribution >= 4 is 11.8 Å². The Kier molecular flexibility index (Phi) is 3.96. The van der Waals surface area contributed by atoms with E-state index in [1.165, 1.54) is 37.5 Å². The molecule has 5 nitrogen and oxygen atoms in total. The van der Waals surface area contributed by atoms with E-state index in [0.29, 0.717) is 5.56 Å². The lowest BCUT2D eigenvalue weighted by atomic mass is 10.1. The summed E-state index contributed by atoms with van der Waals surface area (Å²) >= 11 is 0. The minimum absolute atomic E-state index is 0.220. The quantitative estimate of drug-likeness (QED) is 0.846. The largest absolute Gasteiger partial charge is 0.446 e. The predicted octanol–water partition coefficient (Wildman–Crippen LogP) is 3.34. The molecule has 0 saturated carbocycles. The molecule has 8 heteroatoms. The Hall–Kier alpha value is -2.90. The normalized spacial score (nSPS) is 17.4. The summed E-state index contributed by atoms with van der Waals surface area (Å²) in [6.07, 6.45) is -2.51. The molecular weight excluding hydrogens is 323 g/mol. The van der Waals surface area contributed by atoms with Gasteiger partial charge in [-0.05, 0) is 18.2 Å². The first-order valence-electron chi connectivity index (χ1n) is 6.99. The third-order valence-electron chi connectivity index (χ3n) is 3.40. The van der Waals surface area contributed by atoms with E-state index in [0.717, 1.165) is 11.1 Å². The Morgan fingerprint density at radius 2 is 1.96 bits per heavy atom. The Balaban J connectivity index is 2.02. The number of aromatic nitrogens is 1. The first-order chi connectivity index (χ1) is 11.4. The Morgan fingerprint density at radius 3 is 2.58 bits per heavy atom. The van der Waals surface area contributed by atoms with Crippen molar-refractivity contribution in [3.63, 3.8) is 0 Å². The van der Waals surface area contributed by atoms with Crippen LogP contribution in [-0.4, -0.2) is 21.8 Å². The molecule has 124 valence electrons. The third kappa shape index (κ3) is 2.94. The Morgan fingerprint density at radius 1 is 1.21 bits per heavy atom. The molecular formula is C16H12F3N3O2. The fraction of sp³-hybridized carbons (Fsp3) is 0.188. The van der Waals surface area contributed by atoms with Gasteiger partial charge in [0.25, 0.3) is 0 Å². The number of pyridine rings is 1. The molecule has 2 heterocycles. The summed E-state index contributed by atoms with van der Waals surface area (Å²) in [5.41, 5.74) is -0.585. The second-order valence-electron chi connectivity index (χ2n) is 5.07. The monoisotopic (exact) mass is 335 g/mol. The van der Waals surface area contributed by atoms with Crippen LogP contribution in [0.2, 0.25) is 0 Å². The van der Waals surface area contributed by atoms with Gasteiger partial charge >= 0.3 is 6.18 Å². The van der Waals surface area contributed by atoms with Crippen molar-refractivity contribution in [2.24, 2.45) is 5.10 Å². The highest BCUT2D eigenvalue weighted by atomic mass is 19.4. The topological polar surface area (TPSA) is 54.8 Å². The van der Waals surface area contributed by atoms with E-state index in [2.05, 4.69) is 10.1 Å². The van der Waals surface area contributed by atoms with Crippen LogP contribution in [0, 0.1) is 0 Å². The average Bonchev–Trinajstić information content (AvgIpc) is 3.00. The fourth-order valence-electron chi connectivity index (χ4n) is 2.33. The Bertz CT molecular complexity index is 791. The van der Waals surface area contributed by atoms with E-state index in [4.69, 9.17) is 4.74 Å². The second kappa shape index (κ2) is 5.95. The van der Waals surface area contributed by atoms with Crippen LogP contribution in [0.25, 0.3) is 0 Å². The Labute approximate surface area is 135 Å². The van der Waals surface area contributed by atoms with E-state index in [-0.39, 0.29) is 11.5 Å². The molecule has 0 spiro atoms. The first kappa shape index (κ1) is 16.0. The van der Waals surface area contributed by atoms with E-state index in [1.807, 2.05) is 0 Å². The molecule has 3 rings (SSSR count). The molecule has 1 amide bonds. The van der Waals surface area contributed by atoms with E-state index >= 15 is 0 Å². The van der Waals surface area contributed by atoms with Gasteiger partial charge in [-0.15, -0.1) is 5.10 Å². The van der Waals surface area contributed by atoms with Crippen molar-refractivity contribution in [2.75, 3.05) is 0 Å². The molecule has 0 radical (unpaired) electrons. The number of ether oxygens (including phenoxy) is 1. The number of hydrazone groups is 1. The number of hydrogen-bond donors (Lipinski definition) is 0. The number of rotatable bonds is 2. The van der Waals surface area contributed by atoms with Crippen molar-refractivity contribution in [2.45, 2.75) is 19.3 Å². The van der Waals surface area contributed by atoms with Crippen molar-refractivity contribution < 1.29 is 22.7 Å². The number of carbonyl (C=O) groups is 1. The molecule has 1 aromatic carbocycles. The van der Waals surface area contributed by atoms with Crippen molar-refractivity contribution in [3.8, 4) is 0 Å². The van der Waals surface area contributed by atoms with Gasteiger partial charge in [-0.2, -0.15) is 18.2 Å². The zero-order valence-corrected chi connectivity index (χ0v) is 12.5.